The number of ketones is 1. The number of benzene rings is 2. The summed E-state index contributed by atoms with van der Waals surface area (Å²) in [6.07, 6.45) is 3.03. The van der Waals surface area contributed by atoms with Gasteiger partial charge < -0.3 is 15.0 Å². The summed E-state index contributed by atoms with van der Waals surface area (Å²) < 4.78 is 6.72. The Bertz CT molecular complexity index is 1140. The molecule has 1 aliphatic heterocycles. The van der Waals surface area contributed by atoms with E-state index in [2.05, 4.69) is 10.4 Å². The van der Waals surface area contributed by atoms with Gasteiger partial charge in [0, 0.05) is 42.7 Å². The molecule has 1 fully saturated rings. The predicted molar refractivity (Wildman–Crippen MR) is 121 cm³/mol. The molecule has 0 bridgehead atoms. The maximum atomic E-state index is 13.0. The number of ether oxygens (including phenoxy) is 1. The first kappa shape index (κ1) is 21.5. The highest BCUT2D eigenvalue weighted by Crippen LogP contribution is 2.24. The van der Waals surface area contributed by atoms with Crippen LogP contribution >= 0.6 is 0 Å². The van der Waals surface area contributed by atoms with Crippen LogP contribution in [0.3, 0.4) is 0 Å². The Morgan fingerprint density at radius 1 is 1.06 bits per heavy atom. The molecule has 0 radical (unpaired) electrons. The van der Waals surface area contributed by atoms with Crippen LogP contribution in [-0.2, 0) is 11.8 Å². The molecule has 4 rings (SSSR count). The number of nitrogens with zero attached hydrogens (tertiary/aromatic N) is 3. The summed E-state index contributed by atoms with van der Waals surface area (Å²) in [6, 6.07) is 12.1. The molecule has 0 aliphatic carbocycles. The normalized spacial score (nSPS) is 14.4. The van der Waals surface area contributed by atoms with Gasteiger partial charge in [-0.05, 0) is 50.1 Å². The number of hydrogen-bond acceptors (Lipinski definition) is 5. The minimum atomic E-state index is -0.389. The second kappa shape index (κ2) is 9.21. The number of carbonyl (C=O) groups is 3. The predicted octanol–water partition coefficient (Wildman–Crippen LogP) is 3.88. The number of likely N-dealkylation sites (tertiary alicyclic amines) is 1. The van der Waals surface area contributed by atoms with Crippen molar-refractivity contribution in [1.82, 2.24) is 14.7 Å². The Balaban J connectivity index is 1.32. The lowest BCUT2D eigenvalue weighted by Crippen LogP contribution is -2.42. The van der Waals surface area contributed by atoms with E-state index in [4.69, 9.17) is 4.74 Å². The zero-order valence-electron chi connectivity index (χ0n) is 18.2. The minimum Gasteiger partial charge on any atom is -0.462 e. The van der Waals surface area contributed by atoms with Crippen LogP contribution in [0.4, 0.5) is 10.5 Å². The summed E-state index contributed by atoms with van der Waals surface area (Å²) in [7, 11) is 1.86. The minimum absolute atomic E-state index is 0.103. The fourth-order valence-corrected chi connectivity index (χ4v) is 3.98. The van der Waals surface area contributed by atoms with Crippen LogP contribution in [0.5, 0.6) is 0 Å². The number of urea groups is 1. The van der Waals surface area contributed by atoms with Gasteiger partial charge in [0.05, 0.1) is 23.9 Å². The quantitative estimate of drug-likeness (QED) is 0.486. The number of esters is 1. The first-order valence-electron chi connectivity index (χ1n) is 10.8. The number of fused-ring (bicyclic) bond motifs is 1. The lowest BCUT2D eigenvalue weighted by molar-refractivity contribution is 0.0526. The van der Waals surface area contributed by atoms with Crippen molar-refractivity contribution < 1.29 is 19.1 Å². The summed E-state index contributed by atoms with van der Waals surface area (Å²) in [5.41, 5.74) is 2.66. The monoisotopic (exact) mass is 434 g/mol. The van der Waals surface area contributed by atoms with Crippen LogP contribution in [-0.4, -0.2) is 52.2 Å². The highest BCUT2D eigenvalue weighted by atomic mass is 16.5. The number of carbonyl (C=O) groups excluding carboxylic acids is 3. The van der Waals surface area contributed by atoms with Crippen LogP contribution in [0.2, 0.25) is 0 Å². The molecule has 2 amide bonds. The number of aryl methyl sites for hydroxylation is 1. The molecule has 2 heterocycles. The lowest BCUT2D eigenvalue weighted by Gasteiger charge is -2.31. The van der Waals surface area contributed by atoms with Gasteiger partial charge in [-0.3, -0.25) is 9.48 Å². The standard InChI is InChI=1S/C24H26N4O4/c1-3-32-23(30)17-6-8-20(9-7-17)26-24(31)28-12-10-16(11-13-28)22(29)18-4-5-19-15-25-27(2)21(19)14-18/h4-9,14-16H,3,10-13H2,1-2H3,(H,26,31). The Morgan fingerprint density at radius 3 is 2.44 bits per heavy atom. The summed E-state index contributed by atoms with van der Waals surface area (Å²) in [5, 5.41) is 8.08. The topological polar surface area (TPSA) is 93.5 Å². The van der Waals surface area contributed by atoms with Crippen molar-refractivity contribution in [1.29, 1.82) is 0 Å². The zero-order chi connectivity index (χ0) is 22.7. The van der Waals surface area contributed by atoms with E-state index in [0.717, 1.165) is 10.9 Å². The molecule has 1 saturated heterocycles. The molecule has 0 unspecified atom stereocenters. The van der Waals surface area contributed by atoms with Gasteiger partial charge in [0.15, 0.2) is 5.78 Å². The molecule has 1 aromatic heterocycles. The molecular weight excluding hydrogens is 408 g/mol. The van der Waals surface area contributed by atoms with E-state index < -0.39 is 0 Å². The van der Waals surface area contributed by atoms with Gasteiger partial charge in [0.2, 0.25) is 0 Å². The average Bonchev–Trinajstić information content (AvgIpc) is 3.19. The number of hydrogen-bond donors (Lipinski definition) is 1. The Labute approximate surface area is 186 Å². The molecule has 8 heteroatoms. The molecule has 0 atom stereocenters. The van der Waals surface area contributed by atoms with E-state index >= 15 is 0 Å². The van der Waals surface area contributed by atoms with Crippen molar-refractivity contribution in [3.8, 4) is 0 Å². The second-order valence-corrected chi connectivity index (χ2v) is 7.90. The molecular formula is C24H26N4O4. The molecule has 3 aromatic rings. The van der Waals surface area contributed by atoms with E-state index in [0.29, 0.717) is 49.4 Å². The maximum absolute atomic E-state index is 13.0. The highest BCUT2D eigenvalue weighted by molar-refractivity contribution is 6.01. The summed E-state index contributed by atoms with van der Waals surface area (Å²) in [6.45, 7) is 3.09. The molecule has 1 aliphatic rings. The molecule has 1 N–H and O–H groups in total. The number of anilines is 1. The summed E-state index contributed by atoms with van der Waals surface area (Å²) >= 11 is 0. The zero-order valence-corrected chi connectivity index (χ0v) is 18.2. The third-order valence-electron chi connectivity index (χ3n) is 5.83. The second-order valence-electron chi connectivity index (χ2n) is 7.90. The first-order chi connectivity index (χ1) is 15.5. The van der Waals surface area contributed by atoms with Crippen LogP contribution < -0.4 is 5.32 Å². The number of amides is 2. The number of rotatable bonds is 5. The number of aromatic nitrogens is 2. The number of piperidine rings is 1. The van der Waals surface area contributed by atoms with Gasteiger partial charge in [-0.15, -0.1) is 0 Å². The van der Waals surface area contributed by atoms with Crippen molar-refractivity contribution >= 4 is 34.4 Å². The van der Waals surface area contributed by atoms with Gasteiger partial charge in [-0.1, -0.05) is 12.1 Å². The number of nitrogens with one attached hydrogen (secondary N) is 1. The van der Waals surface area contributed by atoms with E-state index in [9.17, 15) is 14.4 Å². The SMILES string of the molecule is CCOC(=O)c1ccc(NC(=O)N2CCC(C(=O)c3ccc4cnn(C)c4c3)CC2)cc1. The molecule has 8 nitrogen and oxygen atoms in total. The first-order valence-corrected chi connectivity index (χ1v) is 10.8. The maximum Gasteiger partial charge on any atom is 0.338 e. The number of Topliss-reactive ketones (excluding diaryl/α,β-unsaturated/α-hetero) is 1. The molecule has 166 valence electrons. The van der Waals surface area contributed by atoms with Crippen molar-refractivity contribution in [2.75, 3.05) is 25.0 Å². The van der Waals surface area contributed by atoms with E-state index in [1.807, 2.05) is 25.2 Å². The summed E-state index contributed by atoms with van der Waals surface area (Å²) in [5.74, 6) is -0.379. The average molecular weight is 434 g/mol. The van der Waals surface area contributed by atoms with Crippen LogP contribution in [0.1, 0.15) is 40.5 Å². The summed E-state index contributed by atoms with van der Waals surface area (Å²) in [4.78, 5) is 39.1. The van der Waals surface area contributed by atoms with Crippen molar-refractivity contribution in [3.05, 3.63) is 59.8 Å². The molecule has 2 aromatic carbocycles. The van der Waals surface area contributed by atoms with E-state index in [1.165, 1.54) is 0 Å². The van der Waals surface area contributed by atoms with E-state index in [1.54, 1.807) is 47.0 Å². The van der Waals surface area contributed by atoms with Gasteiger partial charge >= 0.3 is 12.0 Å². The van der Waals surface area contributed by atoms with Gasteiger partial charge in [0.25, 0.3) is 0 Å². The van der Waals surface area contributed by atoms with Crippen LogP contribution in [0, 0.1) is 5.92 Å². The molecule has 0 spiro atoms. The highest BCUT2D eigenvalue weighted by Gasteiger charge is 2.28. The van der Waals surface area contributed by atoms with Gasteiger partial charge in [0.1, 0.15) is 0 Å². The van der Waals surface area contributed by atoms with Gasteiger partial charge in [-0.25, -0.2) is 9.59 Å². The Kier molecular flexibility index (Phi) is 6.20. The smallest absolute Gasteiger partial charge is 0.338 e. The van der Waals surface area contributed by atoms with Crippen molar-refractivity contribution in [3.63, 3.8) is 0 Å². The lowest BCUT2D eigenvalue weighted by atomic mass is 9.88. The Hall–Kier alpha value is -3.68. The van der Waals surface area contributed by atoms with Gasteiger partial charge in [-0.2, -0.15) is 5.10 Å². The van der Waals surface area contributed by atoms with Crippen molar-refractivity contribution in [2.45, 2.75) is 19.8 Å². The third kappa shape index (κ3) is 4.49. The largest absolute Gasteiger partial charge is 0.462 e. The van der Waals surface area contributed by atoms with Crippen LogP contribution in [0.15, 0.2) is 48.7 Å². The fourth-order valence-electron chi connectivity index (χ4n) is 3.98. The third-order valence-corrected chi connectivity index (χ3v) is 5.83. The fraction of sp³-hybridized carbons (Fsp3) is 0.333. The molecule has 32 heavy (non-hydrogen) atoms. The van der Waals surface area contributed by atoms with E-state index in [-0.39, 0.29) is 23.7 Å². The van der Waals surface area contributed by atoms with Crippen molar-refractivity contribution in [2.24, 2.45) is 13.0 Å². The molecule has 0 saturated carbocycles. The Morgan fingerprint density at radius 2 is 1.75 bits per heavy atom. The van der Waals surface area contributed by atoms with Crippen LogP contribution in [0.25, 0.3) is 10.9 Å².